The van der Waals surface area contributed by atoms with Gasteiger partial charge >= 0.3 is 0 Å². The van der Waals surface area contributed by atoms with Crippen molar-refractivity contribution in [3.05, 3.63) is 53.1 Å². The number of benzene rings is 2. The van der Waals surface area contributed by atoms with Gasteiger partial charge in [0.25, 0.3) is 5.91 Å². The molecule has 3 rings (SSSR count). The molecule has 0 spiro atoms. The summed E-state index contributed by atoms with van der Waals surface area (Å²) in [5.41, 5.74) is 0.800. The van der Waals surface area contributed by atoms with Gasteiger partial charge in [0, 0.05) is 6.54 Å². The fraction of sp³-hybridized carbons (Fsp3) is 0.333. The van der Waals surface area contributed by atoms with E-state index in [1.807, 2.05) is 31.1 Å². The Morgan fingerprint density at radius 3 is 2.50 bits per heavy atom. The first-order valence-electron chi connectivity index (χ1n) is 9.58. The minimum absolute atomic E-state index is 0.0502. The molecule has 2 aromatic carbocycles. The van der Waals surface area contributed by atoms with Crippen LogP contribution in [0.4, 0.5) is 5.13 Å². The third kappa shape index (κ3) is 4.83. The van der Waals surface area contributed by atoms with E-state index in [2.05, 4.69) is 4.98 Å². The van der Waals surface area contributed by atoms with Crippen LogP contribution in [-0.2, 0) is 9.84 Å². The highest BCUT2D eigenvalue weighted by molar-refractivity contribution is 7.91. The molecule has 0 unspecified atom stereocenters. The van der Waals surface area contributed by atoms with Crippen molar-refractivity contribution >= 4 is 54.0 Å². The number of amides is 1. The van der Waals surface area contributed by atoms with E-state index in [1.54, 1.807) is 36.1 Å². The molecule has 160 valence electrons. The number of rotatable bonds is 8. The zero-order valence-electron chi connectivity index (χ0n) is 17.1. The molecule has 0 saturated carbocycles. The van der Waals surface area contributed by atoms with Crippen LogP contribution in [0.3, 0.4) is 0 Å². The van der Waals surface area contributed by atoms with Gasteiger partial charge in [0.2, 0.25) is 0 Å². The fourth-order valence-corrected chi connectivity index (χ4v) is 5.44. The van der Waals surface area contributed by atoms with E-state index in [1.165, 1.54) is 17.4 Å². The number of sulfone groups is 1. The van der Waals surface area contributed by atoms with Crippen LogP contribution >= 0.6 is 22.9 Å². The number of hydrogen-bond acceptors (Lipinski definition) is 6. The predicted molar refractivity (Wildman–Crippen MR) is 124 cm³/mol. The van der Waals surface area contributed by atoms with Gasteiger partial charge in [-0.15, -0.1) is 0 Å². The van der Waals surface area contributed by atoms with Crippen molar-refractivity contribution in [1.82, 2.24) is 9.88 Å². The zero-order valence-corrected chi connectivity index (χ0v) is 19.5. The Morgan fingerprint density at radius 2 is 1.83 bits per heavy atom. The van der Waals surface area contributed by atoms with Gasteiger partial charge in [-0.25, -0.2) is 13.4 Å². The number of carbonyl (C=O) groups excluding carboxylic acids is 1. The lowest BCUT2D eigenvalue weighted by atomic mass is 10.2. The number of fused-ring (bicyclic) bond motifs is 1. The molecule has 1 amide bonds. The van der Waals surface area contributed by atoms with E-state index < -0.39 is 9.84 Å². The number of para-hydroxylation sites is 1. The average Bonchev–Trinajstić information content (AvgIpc) is 3.16. The third-order valence-electron chi connectivity index (χ3n) is 4.65. The molecule has 0 bridgehead atoms. The summed E-state index contributed by atoms with van der Waals surface area (Å²) in [6.45, 7) is 2.76. The van der Waals surface area contributed by atoms with Crippen molar-refractivity contribution in [1.29, 1.82) is 0 Å². The summed E-state index contributed by atoms with van der Waals surface area (Å²) in [6, 6.07) is 11.9. The fourth-order valence-electron chi connectivity index (χ4n) is 3.06. The highest BCUT2D eigenvalue weighted by Gasteiger charge is 2.27. The molecule has 9 heteroatoms. The van der Waals surface area contributed by atoms with Crippen LogP contribution in [-0.4, -0.2) is 57.1 Å². The maximum absolute atomic E-state index is 13.5. The van der Waals surface area contributed by atoms with E-state index in [-0.39, 0.29) is 22.1 Å². The van der Waals surface area contributed by atoms with Crippen LogP contribution in [0, 0.1) is 0 Å². The lowest BCUT2D eigenvalue weighted by molar-refractivity contribution is 0.0983. The summed E-state index contributed by atoms with van der Waals surface area (Å²) in [5.74, 6) is -0.453. The van der Waals surface area contributed by atoms with Crippen molar-refractivity contribution < 1.29 is 13.2 Å². The number of nitrogens with zero attached hydrogens (tertiary/aromatic N) is 3. The molecule has 0 fully saturated rings. The second-order valence-electron chi connectivity index (χ2n) is 7.10. The van der Waals surface area contributed by atoms with E-state index in [9.17, 15) is 13.2 Å². The molecule has 0 aliphatic heterocycles. The number of anilines is 1. The van der Waals surface area contributed by atoms with Crippen molar-refractivity contribution in [2.75, 3.05) is 37.8 Å². The topological polar surface area (TPSA) is 70.6 Å². The van der Waals surface area contributed by atoms with Crippen LogP contribution in [0.15, 0.2) is 47.4 Å². The van der Waals surface area contributed by atoms with Crippen LogP contribution in [0.2, 0.25) is 5.02 Å². The second kappa shape index (κ2) is 9.43. The monoisotopic (exact) mass is 465 g/mol. The Hall–Kier alpha value is -2.00. The molecule has 1 aromatic heterocycles. The first-order valence-corrected chi connectivity index (χ1v) is 12.4. The van der Waals surface area contributed by atoms with Gasteiger partial charge in [-0.1, -0.05) is 48.1 Å². The molecule has 1 heterocycles. The smallest absolute Gasteiger partial charge is 0.261 e. The van der Waals surface area contributed by atoms with Gasteiger partial charge in [0.15, 0.2) is 15.0 Å². The molecule has 0 aliphatic rings. The maximum Gasteiger partial charge on any atom is 0.261 e. The van der Waals surface area contributed by atoms with Crippen molar-refractivity contribution in [3.8, 4) is 0 Å². The third-order valence-corrected chi connectivity index (χ3v) is 7.79. The Balaban J connectivity index is 2.06. The number of carbonyl (C=O) groups is 1. The first-order chi connectivity index (χ1) is 14.2. The summed E-state index contributed by atoms with van der Waals surface area (Å²) in [6.07, 6.45) is 0.713. The maximum atomic E-state index is 13.5. The molecule has 0 atom stereocenters. The van der Waals surface area contributed by atoms with E-state index in [4.69, 9.17) is 11.6 Å². The number of aromatic nitrogens is 1. The predicted octanol–water partition coefficient (Wildman–Crippen LogP) is 4.34. The molecule has 0 radical (unpaired) electrons. The van der Waals surface area contributed by atoms with E-state index in [0.29, 0.717) is 28.6 Å². The lowest BCUT2D eigenvalue weighted by Crippen LogP contribution is -2.34. The van der Waals surface area contributed by atoms with Gasteiger partial charge in [-0.05, 0) is 51.3 Å². The largest absolute Gasteiger partial charge is 0.309 e. The minimum atomic E-state index is -3.55. The van der Waals surface area contributed by atoms with Crippen molar-refractivity contribution in [3.63, 3.8) is 0 Å². The summed E-state index contributed by atoms with van der Waals surface area (Å²) in [4.78, 5) is 21.8. The summed E-state index contributed by atoms with van der Waals surface area (Å²) in [7, 11) is 0.381. The van der Waals surface area contributed by atoms with Gasteiger partial charge < -0.3 is 4.90 Å². The first kappa shape index (κ1) is 22.7. The average molecular weight is 466 g/mol. The van der Waals surface area contributed by atoms with Crippen molar-refractivity contribution in [2.24, 2.45) is 0 Å². The molecule has 30 heavy (non-hydrogen) atoms. The number of halogens is 1. The molecular weight excluding hydrogens is 442 g/mol. The quantitative estimate of drug-likeness (QED) is 0.494. The molecule has 0 saturated heterocycles. The molecule has 0 N–H and O–H groups in total. The summed E-state index contributed by atoms with van der Waals surface area (Å²) < 4.78 is 26.0. The molecule has 0 aliphatic carbocycles. The van der Waals surface area contributed by atoms with Crippen LogP contribution in [0.5, 0.6) is 0 Å². The van der Waals surface area contributed by atoms with Crippen LogP contribution in [0.1, 0.15) is 23.7 Å². The Kier molecular flexibility index (Phi) is 7.13. The highest BCUT2D eigenvalue weighted by atomic mass is 35.5. The zero-order chi connectivity index (χ0) is 21.9. The normalized spacial score (nSPS) is 11.9. The SMILES string of the molecule is CCS(=O)(=O)c1ccccc1C(=O)N(CCCN(C)C)c1nc2c(Cl)cccc2s1. The van der Waals surface area contributed by atoms with Crippen LogP contribution < -0.4 is 4.90 Å². The van der Waals surface area contributed by atoms with Gasteiger partial charge in [0.05, 0.1) is 25.9 Å². The van der Waals surface area contributed by atoms with E-state index in [0.717, 1.165) is 11.2 Å². The summed E-state index contributed by atoms with van der Waals surface area (Å²) in [5, 5.41) is 1.02. The molecular formula is C21H24ClN3O3S2. The Bertz CT molecular complexity index is 1160. The van der Waals surface area contributed by atoms with Gasteiger partial charge in [-0.3, -0.25) is 9.69 Å². The standard InChI is InChI=1S/C21H24ClN3O3S2/c1-4-30(27,28)18-12-6-5-9-15(18)20(26)25(14-8-13-24(2)3)21-23-19-16(22)10-7-11-17(19)29-21/h5-7,9-12H,4,8,13-14H2,1-3H3. The molecule has 6 nitrogen and oxygen atoms in total. The Morgan fingerprint density at radius 1 is 1.10 bits per heavy atom. The second-order valence-corrected chi connectivity index (χ2v) is 10.8. The Labute approximate surface area is 186 Å². The minimum Gasteiger partial charge on any atom is -0.309 e. The number of thiazole rings is 1. The van der Waals surface area contributed by atoms with Crippen molar-refractivity contribution in [2.45, 2.75) is 18.2 Å². The van der Waals surface area contributed by atoms with Gasteiger partial charge in [0.1, 0.15) is 5.52 Å². The van der Waals surface area contributed by atoms with E-state index >= 15 is 0 Å². The van der Waals surface area contributed by atoms with Gasteiger partial charge in [-0.2, -0.15) is 0 Å². The van der Waals surface area contributed by atoms with Crippen LogP contribution in [0.25, 0.3) is 10.2 Å². The lowest BCUT2D eigenvalue weighted by Gasteiger charge is -2.22. The summed E-state index contributed by atoms with van der Waals surface area (Å²) >= 11 is 7.64. The molecule has 3 aromatic rings. The highest BCUT2D eigenvalue weighted by Crippen LogP contribution is 2.34. The number of hydrogen-bond donors (Lipinski definition) is 0.